The number of rotatable bonds is 1. The Kier molecular flexibility index (Phi) is 3.59. The van der Waals surface area contributed by atoms with Crippen molar-refractivity contribution in [3.8, 4) is 0 Å². The van der Waals surface area contributed by atoms with Crippen molar-refractivity contribution in [2.75, 3.05) is 13.1 Å². The first-order chi connectivity index (χ1) is 9.48. The molecule has 0 aromatic heterocycles. The van der Waals surface area contributed by atoms with Crippen molar-refractivity contribution in [1.29, 1.82) is 0 Å². The third-order valence-electron chi connectivity index (χ3n) is 4.93. The fourth-order valence-corrected chi connectivity index (χ4v) is 3.36. The fourth-order valence-electron chi connectivity index (χ4n) is 3.36. The second kappa shape index (κ2) is 5.12. The van der Waals surface area contributed by atoms with Gasteiger partial charge in [0, 0.05) is 13.1 Å². The summed E-state index contributed by atoms with van der Waals surface area (Å²) >= 11 is 0. The number of hydrogen-bond acceptors (Lipinski definition) is 2. The minimum Gasteiger partial charge on any atom is -0.364 e. The second-order valence-electron chi connectivity index (χ2n) is 7.14. The van der Waals surface area contributed by atoms with E-state index in [-0.39, 0.29) is 17.5 Å². The molecule has 0 bridgehead atoms. The van der Waals surface area contributed by atoms with Crippen LogP contribution in [0.15, 0.2) is 24.3 Å². The van der Waals surface area contributed by atoms with Crippen LogP contribution in [0.3, 0.4) is 0 Å². The minimum absolute atomic E-state index is 0.0210. The average Bonchev–Trinajstić information content (AvgIpc) is 2.44. The van der Waals surface area contributed by atoms with Gasteiger partial charge in [0.1, 0.15) is 5.82 Å². The molecule has 1 unspecified atom stereocenters. The van der Waals surface area contributed by atoms with E-state index in [1.54, 1.807) is 0 Å². The Labute approximate surface area is 120 Å². The first kappa shape index (κ1) is 14.0. The maximum absolute atomic E-state index is 13.0. The molecule has 20 heavy (non-hydrogen) atoms. The van der Waals surface area contributed by atoms with E-state index >= 15 is 0 Å². The van der Waals surface area contributed by atoms with Crippen molar-refractivity contribution in [2.45, 2.75) is 51.2 Å². The number of halogens is 1. The molecule has 110 valence electrons. The Bertz CT molecular complexity index is 458. The molecule has 1 aromatic carbocycles. The standard InChI is InChI=1S/C17H24FNO/c1-16(2)7-9-17(10-8-16)12-19-11-15(20-17)13-3-5-14(18)6-4-13/h3-6,15,19H,7-12H2,1-2H3. The average molecular weight is 277 g/mol. The summed E-state index contributed by atoms with van der Waals surface area (Å²) in [6.07, 6.45) is 4.70. The summed E-state index contributed by atoms with van der Waals surface area (Å²) in [6, 6.07) is 6.72. The number of hydrogen-bond donors (Lipinski definition) is 1. The first-order valence-electron chi connectivity index (χ1n) is 7.62. The predicted octanol–water partition coefficient (Wildman–Crippen LogP) is 3.83. The Balaban J connectivity index is 1.72. The van der Waals surface area contributed by atoms with Gasteiger partial charge in [-0.1, -0.05) is 26.0 Å². The lowest BCUT2D eigenvalue weighted by molar-refractivity contribution is -0.147. The van der Waals surface area contributed by atoms with Crippen LogP contribution < -0.4 is 5.32 Å². The molecular weight excluding hydrogens is 253 g/mol. The molecule has 2 nitrogen and oxygen atoms in total. The number of nitrogens with one attached hydrogen (secondary N) is 1. The van der Waals surface area contributed by atoms with Crippen molar-refractivity contribution >= 4 is 0 Å². The quantitative estimate of drug-likeness (QED) is 0.842. The largest absolute Gasteiger partial charge is 0.364 e. The van der Waals surface area contributed by atoms with Gasteiger partial charge < -0.3 is 10.1 Å². The minimum atomic E-state index is -0.188. The summed E-state index contributed by atoms with van der Waals surface area (Å²) in [6.45, 7) is 6.44. The van der Waals surface area contributed by atoms with E-state index in [0.29, 0.717) is 5.41 Å². The van der Waals surface area contributed by atoms with Crippen LogP contribution in [-0.2, 0) is 4.74 Å². The van der Waals surface area contributed by atoms with Crippen LogP contribution in [0.2, 0.25) is 0 Å². The summed E-state index contributed by atoms with van der Waals surface area (Å²) in [5.74, 6) is -0.188. The monoisotopic (exact) mass is 277 g/mol. The van der Waals surface area contributed by atoms with E-state index in [9.17, 15) is 4.39 Å². The van der Waals surface area contributed by atoms with Gasteiger partial charge in [-0.3, -0.25) is 0 Å². The molecule has 2 aliphatic rings. The van der Waals surface area contributed by atoms with Crippen molar-refractivity contribution in [2.24, 2.45) is 5.41 Å². The predicted molar refractivity (Wildman–Crippen MR) is 78.1 cm³/mol. The van der Waals surface area contributed by atoms with Crippen LogP contribution in [0.25, 0.3) is 0 Å². The lowest BCUT2D eigenvalue weighted by Crippen LogP contribution is -2.53. The smallest absolute Gasteiger partial charge is 0.123 e. The molecule has 1 saturated heterocycles. The summed E-state index contributed by atoms with van der Waals surface area (Å²) in [4.78, 5) is 0. The maximum atomic E-state index is 13.0. The van der Waals surface area contributed by atoms with Crippen molar-refractivity contribution < 1.29 is 9.13 Å². The Morgan fingerprint density at radius 1 is 1.10 bits per heavy atom. The maximum Gasteiger partial charge on any atom is 0.123 e. The summed E-state index contributed by atoms with van der Waals surface area (Å²) in [5.41, 5.74) is 1.49. The molecule has 3 heteroatoms. The molecule has 3 rings (SSSR count). The van der Waals surface area contributed by atoms with Crippen LogP contribution in [0.5, 0.6) is 0 Å². The lowest BCUT2D eigenvalue weighted by atomic mass is 9.70. The highest BCUT2D eigenvalue weighted by Gasteiger charge is 2.42. The van der Waals surface area contributed by atoms with Gasteiger partial charge in [-0.05, 0) is 48.8 Å². The van der Waals surface area contributed by atoms with Crippen LogP contribution in [0.1, 0.15) is 51.2 Å². The molecule has 1 aliphatic heterocycles. The van der Waals surface area contributed by atoms with Crippen LogP contribution in [0.4, 0.5) is 4.39 Å². The van der Waals surface area contributed by atoms with Gasteiger partial charge >= 0.3 is 0 Å². The molecule has 1 aromatic rings. The SMILES string of the molecule is CC1(C)CCC2(CC1)CNCC(c1ccc(F)cc1)O2. The molecule has 1 spiro atoms. The van der Waals surface area contributed by atoms with Gasteiger partial charge in [0.05, 0.1) is 11.7 Å². The highest BCUT2D eigenvalue weighted by Crippen LogP contribution is 2.44. The highest BCUT2D eigenvalue weighted by molar-refractivity contribution is 5.20. The van der Waals surface area contributed by atoms with Crippen molar-refractivity contribution in [3.63, 3.8) is 0 Å². The van der Waals surface area contributed by atoms with Crippen LogP contribution in [-0.4, -0.2) is 18.7 Å². The molecule has 1 atom stereocenters. The lowest BCUT2D eigenvalue weighted by Gasteiger charge is -2.48. The molecule has 1 saturated carbocycles. The summed E-state index contributed by atoms with van der Waals surface area (Å²) in [5, 5.41) is 3.52. The number of morpholine rings is 1. The second-order valence-corrected chi connectivity index (χ2v) is 7.14. The van der Waals surface area contributed by atoms with E-state index in [1.165, 1.54) is 25.0 Å². The topological polar surface area (TPSA) is 21.3 Å². The molecule has 1 aliphatic carbocycles. The van der Waals surface area contributed by atoms with Gasteiger partial charge in [0.25, 0.3) is 0 Å². The van der Waals surface area contributed by atoms with Crippen molar-refractivity contribution in [3.05, 3.63) is 35.6 Å². The highest BCUT2D eigenvalue weighted by atomic mass is 19.1. The fraction of sp³-hybridized carbons (Fsp3) is 0.647. The van der Waals surface area contributed by atoms with Crippen LogP contribution >= 0.6 is 0 Å². The van der Waals surface area contributed by atoms with Gasteiger partial charge in [0.15, 0.2) is 0 Å². The molecule has 0 amide bonds. The van der Waals surface area contributed by atoms with E-state index in [0.717, 1.165) is 31.5 Å². The molecule has 0 radical (unpaired) electrons. The Hall–Kier alpha value is -0.930. The van der Waals surface area contributed by atoms with Gasteiger partial charge in [0.2, 0.25) is 0 Å². The number of benzene rings is 1. The Morgan fingerprint density at radius 3 is 2.40 bits per heavy atom. The molecule has 1 heterocycles. The van der Waals surface area contributed by atoms with Gasteiger partial charge in [-0.15, -0.1) is 0 Å². The zero-order chi connectivity index (χ0) is 14.2. The summed E-state index contributed by atoms with van der Waals surface area (Å²) < 4.78 is 19.5. The third kappa shape index (κ3) is 2.89. The molecule has 2 fully saturated rings. The van der Waals surface area contributed by atoms with Crippen LogP contribution in [0, 0.1) is 11.2 Å². The van der Waals surface area contributed by atoms with E-state index in [1.807, 2.05) is 12.1 Å². The van der Waals surface area contributed by atoms with Gasteiger partial charge in [-0.2, -0.15) is 0 Å². The van der Waals surface area contributed by atoms with E-state index in [2.05, 4.69) is 19.2 Å². The molecule has 1 N–H and O–H groups in total. The summed E-state index contributed by atoms with van der Waals surface area (Å²) in [7, 11) is 0. The Morgan fingerprint density at radius 2 is 1.75 bits per heavy atom. The molecular formula is C17H24FNO. The number of ether oxygens (including phenoxy) is 1. The van der Waals surface area contributed by atoms with E-state index in [4.69, 9.17) is 4.74 Å². The zero-order valence-corrected chi connectivity index (χ0v) is 12.4. The third-order valence-corrected chi connectivity index (χ3v) is 4.93. The van der Waals surface area contributed by atoms with Gasteiger partial charge in [-0.25, -0.2) is 4.39 Å². The van der Waals surface area contributed by atoms with E-state index < -0.39 is 0 Å². The first-order valence-corrected chi connectivity index (χ1v) is 7.62. The normalized spacial score (nSPS) is 28.4. The zero-order valence-electron chi connectivity index (χ0n) is 12.4. The van der Waals surface area contributed by atoms with Crippen molar-refractivity contribution in [1.82, 2.24) is 5.32 Å².